The fourth-order valence-corrected chi connectivity index (χ4v) is 2.20. The van der Waals surface area contributed by atoms with Crippen LogP contribution in [0.2, 0.25) is 0 Å². The Morgan fingerprint density at radius 1 is 1.50 bits per heavy atom. The van der Waals surface area contributed by atoms with E-state index in [2.05, 4.69) is 9.36 Å². The smallest absolute Gasteiger partial charge is 0.255 e. The van der Waals surface area contributed by atoms with Crippen LogP contribution in [0.1, 0.15) is 24.6 Å². The highest BCUT2D eigenvalue weighted by Gasteiger charge is 2.28. The van der Waals surface area contributed by atoms with Crippen molar-refractivity contribution in [1.29, 1.82) is 0 Å². The van der Waals surface area contributed by atoms with E-state index in [9.17, 15) is 8.78 Å². The van der Waals surface area contributed by atoms with Gasteiger partial charge in [0.15, 0.2) is 0 Å². The predicted molar refractivity (Wildman–Crippen MR) is 57.2 cm³/mol. The average Bonchev–Trinajstić information content (AvgIpc) is 2.96. The maximum atomic E-state index is 12.3. The van der Waals surface area contributed by atoms with Gasteiger partial charge in [0.25, 0.3) is 6.43 Å². The van der Waals surface area contributed by atoms with E-state index in [1.54, 1.807) is 0 Å². The summed E-state index contributed by atoms with van der Waals surface area (Å²) < 4.78 is 28.8. The molecule has 1 fully saturated rings. The van der Waals surface area contributed by atoms with Crippen LogP contribution in [0.4, 0.5) is 13.9 Å². The molecule has 0 saturated heterocycles. The van der Waals surface area contributed by atoms with Gasteiger partial charge < -0.3 is 10.0 Å². The number of nitrogens with zero attached hydrogens (tertiary/aromatic N) is 3. The number of anilines is 1. The standard InChI is InChI=1S/C9H13F2N3OS/c10-7(11)5-14(3-4-15)9-12-8(13-16-9)6-1-2-6/h6-7,15H,1-5H2. The van der Waals surface area contributed by atoms with Crippen molar-refractivity contribution in [3.05, 3.63) is 5.82 Å². The van der Waals surface area contributed by atoms with Gasteiger partial charge in [-0.2, -0.15) is 4.37 Å². The molecule has 1 heterocycles. The Balaban J connectivity index is 2.04. The number of hydrogen-bond donors (Lipinski definition) is 1. The summed E-state index contributed by atoms with van der Waals surface area (Å²) >= 11 is 1.13. The summed E-state index contributed by atoms with van der Waals surface area (Å²) in [7, 11) is 0. The predicted octanol–water partition coefficient (Wildman–Crippen LogP) is 1.48. The van der Waals surface area contributed by atoms with Gasteiger partial charge in [0.05, 0.1) is 13.2 Å². The Hall–Kier alpha value is -0.820. The second kappa shape index (κ2) is 5.01. The van der Waals surface area contributed by atoms with Gasteiger partial charge in [-0.1, -0.05) is 0 Å². The lowest BCUT2D eigenvalue weighted by molar-refractivity contribution is 0.153. The van der Waals surface area contributed by atoms with Crippen molar-refractivity contribution in [2.75, 3.05) is 24.6 Å². The molecule has 2 rings (SSSR count). The summed E-state index contributed by atoms with van der Waals surface area (Å²) in [6.07, 6.45) is -0.254. The molecule has 0 aliphatic heterocycles. The van der Waals surface area contributed by atoms with Crippen molar-refractivity contribution >= 4 is 16.7 Å². The van der Waals surface area contributed by atoms with Crippen molar-refractivity contribution in [3.8, 4) is 0 Å². The molecule has 1 aromatic heterocycles. The first-order valence-electron chi connectivity index (χ1n) is 5.18. The minimum atomic E-state index is -2.43. The first-order chi connectivity index (χ1) is 7.70. The van der Waals surface area contributed by atoms with Crippen LogP contribution in [-0.4, -0.2) is 40.6 Å². The van der Waals surface area contributed by atoms with Crippen molar-refractivity contribution in [2.24, 2.45) is 0 Å². The van der Waals surface area contributed by atoms with E-state index in [0.29, 0.717) is 11.0 Å². The van der Waals surface area contributed by atoms with Gasteiger partial charge in [-0.05, 0) is 12.8 Å². The van der Waals surface area contributed by atoms with E-state index >= 15 is 0 Å². The maximum Gasteiger partial charge on any atom is 0.255 e. The highest BCUT2D eigenvalue weighted by atomic mass is 32.1. The second-order valence-corrected chi connectivity index (χ2v) is 4.50. The SMILES string of the molecule is OCCN(CC(F)F)c1nc(C2CC2)ns1. The zero-order valence-corrected chi connectivity index (χ0v) is 9.46. The van der Waals surface area contributed by atoms with Crippen LogP contribution < -0.4 is 4.90 Å². The molecule has 0 aromatic carbocycles. The fourth-order valence-electron chi connectivity index (χ4n) is 1.41. The number of hydrogen-bond acceptors (Lipinski definition) is 5. The molecule has 0 unspecified atom stereocenters. The number of rotatable bonds is 6. The Morgan fingerprint density at radius 2 is 2.25 bits per heavy atom. The van der Waals surface area contributed by atoms with Gasteiger partial charge in [-0.25, -0.2) is 13.8 Å². The van der Waals surface area contributed by atoms with Gasteiger partial charge >= 0.3 is 0 Å². The third-order valence-electron chi connectivity index (χ3n) is 2.37. The summed E-state index contributed by atoms with van der Waals surface area (Å²) in [5.41, 5.74) is 0. The fraction of sp³-hybridized carbons (Fsp3) is 0.778. The van der Waals surface area contributed by atoms with E-state index < -0.39 is 13.0 Å². The summed E-state index contributed by atoms with van der Waals surface area (Å²) in [6, 6.07) is 0. The molecule has 1 N–H and O–H groups in total. The van der Waals surface area contributed by atoms with E-state index in [0.717, 1.165) is 30.2 Å². The molecule has 1 aromatic rings. The summed E-state index contributed by atoms with van der Waals surface area (Å²) in [6.45, 7) is -0.394. The van der Waals surface area contributed by atoms with Crippen molar-refractivity contribution < 1.29 is 13.9 Å². The minimum absolute atomic E-state index is 0.162. The molecule has 1 saturated carbocycles. The molecule has 90 valence electrons. The molecule has 0 amide bonds. The molecule has 0 atom stereocenters. The van der Waals surface area contributed by atoms with Gasteiger partial charge in [0.2, 0.25) is 5.13 Å². The first kappa shape index (κ1) is 11.7. The zero-order chi connectivity index (χ0) is 11.5. The van der Waals surface area contributed by atoms with Crippen LogP contribution in [0.3, 0.4) is 0 Å². The van der Waals surface area contributed by atoms with E-state index in [4.69, 9.17) is 5.11 Å². The number of aliphatic hydroxyl groups excluding tert-OH is 1. The minimum Gasteiger partial charge on any atom is -0.395 e. The van der Waals surface area contributed by atoms with Crippen molar-refractivity contribution in [3.63, 3.8) is 0 Å². The van der Waals surface area contributed by atoms with Crippen LogP contribution in [0, 0.1) is 0 Å². The summed E-state index contributed by atoms with van der Waals surface area (Å²) in [5, 5.41) is 9.29. The molecular weight excluding hydrogens is 236 g/mol. The Morgan fingerprint density at radius 3 is 2.81 bits per heavy atom. The van der Waals surface area contributed by atoms with Crippen molar-refractivity contribution in [1.82, 2.24) is 9.36 Å². The number of alkyl halides is 2. The second-order valence-electron chi connectivity index (χ2n) is 3.77. The largest absolute Gasteiger partial charge is 0.395 e. The summed E-state index contributed by atoms with van der Waals surface area (Å²) in [4.78, 5) is 5.62. The molecule has 4 nitrogen and oxygen atoms in total. The molecule has 0 radical (unpaired) electrons. The Kier molecular flexibility index (Phi) is 3.65. The maximum absolute atomic E-state index is 12.3. The van der Waals surface area contributed by atoms with Crippen LogP contribution in [0.15, 0.2) is 0 Å². The monoisotopic (exact) mass is 249 g/mol. The first-order valence-corrected chi connectivity index (χ1v) is 5.95. The third kappa shape index (κ3) is 2.85. The molecule has 0 bridgehead atoms. The summed E-state index contributed by atoms with van der Waals surface area (Å²) in [5.74, 6) is 1.18. The molecule has 16 heavy (non-hydrogen) atoms. The van der Waals surface area contributed by atoms with Crippen LogP contribution in [0.25, 0.3) is 0 Å². The van der Waals surface area contributed by atoms with Gasteiger partial charge in [-0.15, -0.1) is 0 Å². The number of aliphatic hydroxyl groups is 1. The van der Waals surface area contributed by atoms with Gasteiger partial charge in [-0.3, -0.25) is 0 Å². The highest BCUT2D eigenvalue weighted by Crippen LogP contribution is 2.39. The quantitative estimate of drug-likeness (QED) is 0.829. The van der Waals surface area contributed by atoms with Crippen LogP contribution in [0.5, 0.6) is 0 Å². The van der Waals surface area contributed by atoms with Crippen LogP contribution >= 0.6 is 11.5 Å². The molecule has 1 aliphatic carbocycles. The lowest BCUT2D eigenvalue weighted by atomic mass is 10.4. The van der Waals surface area contributed by atoms with Gasteiger partial charge in [0.1, 0.15) is 5.82 Å². The molecule has 1 aliphatic rings. The molecule has 0 spiro atoms. The van der Waals surface area contributed by atoms with E-state index in [-0.39, 0.29) is 13.2 Å². The Bertz CT molecular complexity index is 343. The lowest BCUT2D eigenvalue weighted by Gasteiger charge is -2.19. The Labute approximate surface area is 96.1 Å². The van der Waals surface area contributed by atoms with Gasteiger partial charge in [0, 0.05) is 24.0 Å². The lowest BCUT2D eigenvalue weighted by Crippen LogP contribution is -2.31. The number of aromatic nitrogens is 2. The third-order valence-corrected chi connectivity index (χ3v) is 3.16. The van der Waals surface area contributed by atoms with E-state index in [1.807, 2.05) is 0 Å². The normalized spacial score (nSPS) is 15.8. The topological polar surface area (TPSA) is 49.2 Å². The molecule has 7 heteroatoms. The zero-order valence-electron chi connectivity index (χ0n) is 8.64. The number of halogens is 2. The van der Waals surface area contributed by atoms with Crippen molar-refractivity contribution in [2.45, 2.75) is 25.2 Å². The van der Waals surface area contributed by atoms with E-state index in [1.165, 1.54) is 4.90 Å². The van der Waals surface area contributed by atoms with Crippen LogP contribution in [-0.2, 0) is 0 Å². The highest BCUT2D eigenvalue weighted by molar-refractivity contribution is 7.09. The molecular formula is C9H13F2N3OS. The average molecular weight is 249 g/mol.